The highest BCUT2D eigenvalue weighted by Gasteiger charge is 2.20. The van der Waals surface area contributed by atoms with E-state index in [1.54, 1.807) is 24.3 Å². The van der Waals surface area contributed by atoms with E-state index in [-0.39, 0.29) is 23.6 Å². The first-order valence-electron chi connectivity index (χ1n) is 10.9. The van der Waals surface area contributed by atoms with E-state index in [0.29, 0.717) is 29.9 Å². The van der Waals surface area contributed by atoms with Crippen molar-refractivity contribution in [3.05, 3.63) is 84.1 Å². The molecule has 1 atom stereocenters. The van der Waals surface area contributed by atoms with Gasteiger partial charge in [-0.3, -0.25) is 4.79 Å². The maximum Gasteiger partial charge on any atom is 0.268 e. The monoisotopic (exact) mass is 448 g/mol. The molecule has 0 fully saturated rings. The molecular weight excluding hydrogens is 422 g/mol. The van der Waals surface area contributed by atoms with E-state index >= 15 is 0 Å². The molecule has 4 aromatic rings. The van der Waals surface area contributed by atoms with Crippen molar-refractivity contribution in [1.82, 2.24) is 10.3 Å². The molecule has 170 valence electrons. The Morgan fingerprint density at radius 3 is 2.15 bits per heavy atom. The van der Waals surface area contributed by atoms with Crippen LogP contribution in [0.4, 0.5) is 8.78 Å². The zero-order valence-electron chi connectivity index (χ0n) is 18.1. The molecule has 0 radical (unpaired) electrons. The lowest BCUT2D eigenvalue weighted by Crippen LogP contribution is -2.37. The van der Waals surface area contributed by atoms with E-state index in [1.807, 2.05) is 18.2 Å². The summed E-state index contributed by atoms with van der Waals surface area (Å²) in [4.78, 5) is 16.3. The van der Waals surface area contributed by atoms with Crippen molar-refractivity contribution in [1.29, 1.82) is 0 Å². The van der Waals surface area contributed by atoms with Crippen LogP contribution in [0.3, 0.4) is 0 Å². The summed E-state index contributed by atoms with van der Waals surface area (Å²) in [7, 11) is 0. The Morgan fingerprint density at radius 1 is 0.909 bits per heavy atom. The number of hydrogen-bond donors (Lipinski definition) is 4. The lowest BCUT2D eigenvalue weighted by Gasteiger charge is -2.12. The number of benzene rings is 3. The maximum atomic E-state index is 13.6. The van der Waals surface area contributed by atoms with Gasteiger partial charge in [-0.05, 0) is 72.5 Å². The number of nitrogens with two attached hydrogens (primary N) is 2. The number of amides is 1. The van der Waals surface area contributed by atoms with Crippen LogP contribution in [0.5, 0.6) is 0 Å². The lowest BCUT2D eigenvalue weighted by atomic mass is 9.98. The van der Waals surface area contributed by atoms with E-state index < -0.39 is 0 Å². The summed E-state index contributed by atoms with van der Waals surface area (Å²) in [6.45, 7) is 0.868. The van der Waals surface area contributed by atoms with Gasteiger partial charge in [0.05, 0.1) is 0 Å². The summed E-state index contributed by atoms with van der Waals surface area (Å²) in [6, 6.07) is 17.8. The Morgan fingerprint density at radius 2 is 1.52 bits per heavy atom. The number of rotatable bonds is 8. The molecule has 0 aliphatic rings. The molecule has 33 heavy (non-hydrogen) atoms. The molecule has 5 nitrogen and oxygen atoms in total. The molecule has 0 saturated carbocycles. The first-order valence-corrected chi connectivity index (χ1v) is 10.9. The molecule has 1 heterocycles. The molecule has 4 rings (SSSR count). The highest BCUT2D eigenvalue weighted by Crippen LogP contribution is 2.35. The van der Waals surface area contributed by atoms with Gasteiger partial charge in [-0.2, -0.15) is 0 Å². The van der Waals surface area contributed by atoms with Gasteiger partial charge in [0, 0.05) is 29.1 Å². The number of halogens is 2. The van der Waals surface area contributed by atoms with Crippen molar-refractivity contribution >= 4 is 16.8 Å². The van der Waals surface area contributed by atoms with Crippen LogP contribution in [0.2, 0.25) is 0 Å². The number of aromatic nitrogens is 1. The van der Waals surface area contributed by atoms with Gasteiger partial charge in [0.1, 0.15) is 17.3 Å². The number of nitrogens with one attached hydrogen (secondary N) is 2. The van der Waals surface area contributed by atoms with Gasteiger partial charge in [-0.25, -0.2) is 8.78 Å². The van der Waals surface area contributed by atoms with Gasteiger partial charge in [-0.1, -0.05) is 30.3 Å². The molecule has 0 unspecified atom stereocenters. The molecule has 0 spiro atoms. The van der Waals surface area contributed by atoms with Crippen molar-refractivity contribution in [2.75, 3.05) is 13.1 Å². The second-order valence-electron chi connectivity index (χ2n) is 8.05. The summed E-state index contributed by atoms with van der Waals surface area (Å²) in [6.07, 6.45) is 1.51. The minimum absolute atomic E-state index is 0.193. The Balaban J connectivity index is 1.75. The zero-order valence-corrected chi connectivity index (χ0v) is 18.1. The molecule has 1 aromatic heterocycles. The first-order chi connectivity index (χ1) is 16.0. The summed E-state index contributed by atoms with van der Waals surface area (Å²) in [5.41, 5.74) is 15.8. The van der Waals surface area contributed by atoms with Crippen LogP contribution in [0.1, 0.15) is 23.3 Å². The van der Waals surface area contributed by atoms with Crippen molar-refractivity contribution < 1.29 is 13.6 Å². The van der Waals surface area contributed by atoms with Crippen LogP contribution in [-0.4, -0.2) is 30.0 Å². The van der Waals surface area contributed by atoms with E-state index in [9.17, 15) is 13.6 Å². The number of aromatic amines is 1. The highest BCUT2D eigenvalue weighted by molar-refractivity contribution is 6.10. The van der Waals surface area contributed by atoms with Gasteiger partial charge >= 0.3 is 0 Å². The van der Waals surface area contributed by atoms with Gasteiger partial charge < -0.3 is 21.8 Å². The summed E-state index contributed by atoms with van der Waals surface area (Å²) >= 11 is 0. The van der Waals surface area contributed by atoms with Crippen LogP contribution >= 0.6 is 0 Å². The van der Waals surface area contributed by atoms with Crippen LogP contribution in [0.25, 0.3) is 33.2 Å². The van der Waals surface area contributed by atoms with E-state index in [4.69, 9.17) is 11.5 Å². The Hall–Kier alpha value is -3.55. The molecule has 0 aliphatic heterocycles. The van der Waals surface area contributed by atoms with Gasteiger partial charge in [-0.15, -0.1) is 0 Å². The summed E-state index contributed by atoms with van der Waals surface area (Å²) in [5.74, 6) is -0.961. The average molecular weight is 449 g/mol. The minimum atomic E-state index is -0.359. The molecule has 6 N–H and O–H groups in total. The molecule has 3 aromatic carbocycles. The van der Waals surface area contributed by atoms with E-state index in [1.165, 1.54) is 24.3 Å². The molecule has 0 bridgehead atoms. The molecular formula is C26H26F2N4O. The van der Waals surface area contributed by atoms with E-state index in [0.717, 1.165) is 34.9 Å². The number of carbonyl (C=O) groups is 1. The lowest BCUT2D eigenvalue weighted by molar-refractivity contribution is 0.0947. The molecule has 0 aliphatic carbocycles. The van der Waals surface area contributed by atoms with Crippen molar-refractivity contribution in [2.24, 2.45) is 11.5 Å². The van der Waals surface area contributed by atoms with Gasteiger partial charge in [0.2, 0.25) is 0 Å². The van der Waals surface area contributed by atoms with Crippen LogP contribution in [0, 0.1) is 11.6 Å². The Labute approximate surface area is 190 Å². The fourth-order valence-electron chi connectivity index (χ4n) is 3.89. The van der Waals surface area contributed by atoms with E-state index in [2.05, 4.69) is 10.3 Å². The van der Waals surface area contributed by atoms with Crippen molar-refractivity contribution in [3.63, 3.8) is 0 Å². The average Bonchev–Trinajstić information content (AvgIpc) is 3.21. The molecule has 0 saturated heterocycles. The second kappa shape index (κ2) is 9.94. The fraction of sp³-hybridized carbons (Fsp3) is 0.192. The third-order valence-corrected chi connectivity index (χ3v) is 5.64. The number of hydrogen-bond acceptors (Lipinski definition) is 3. The normalized spacial score (nSPS) is 12.1. The SMILES string of the molecule is NCCC[C@H](N)CNC(=O)c1[nH]c2ccc(-c3ccc(F)cc3)cc2c1-c1ccc(F)cc1. The fourth-order valence-corrected chi connectivity index (χ4v) is 3.89. The number of carbonyl (C=O) groups excluding carboxylic acids is 1. The molecule has 7 heteroatoms. The van der Waals surface area contributed by atoms with Gasteiger partial charge in [0.25, 0.3) is 5.91 Å². The number of H-pyrrole nitrogens is 1. The largest absolute Gasteiger partial charge is 0.350 e. The van der Waals surface area contributed by atoms with Gasteiger partial charge in [0.15, 0.2) is 0 Å². The Kier molecular flexibility index (Phi) is 6.82. The predicted molar refractivity (Wildman–Crippen MR) is 128 cm³/mol. The quantitative estimate of drug-likeness (QED) is 0.318. The van der Waals surface area contributed by atoms with Crippen molar-refractivity contribution in [3.8, 4) is 22.3 Å². The predicted octanol–water partition coefficient (Wildman–Crippen LogP) is 4.58. The summed E-state index contributed by atoms with van der Waals surface area (Å²) < 4.78 is 27.0. The Bertz CT molecular complexity index is 1250. The highest BCUT2D eigenvalue weighted by atomic mass is 19.1. The van der Waals surface area contributed by atoms with Crippen LogP contribution < -0.4 is 16.8 Å². The third kappa shape index (κ3) is 5.10. The zero-order chi connectivity index (χ0) is 23.4. The third-order valence-electron chi connectivity index (χ3n) is 5.64. The number of fused-ring (bicyclic) bond motifs is 1. The van der Waals surface area contributed by atoms with Crippen molar-refractivity contribution in [2.45, 2.75) is 18.9 Å². The second-order valence-corrected chi connectivity index (χ2v) is 8.05. The van der Waals surface area contributed by atoms with Crippen LogP contribution in [0.15, 0.2) is 66.7 Å². The maximum absolute atomic E-state index is 13.6. The summed E-state index contributed by atoms with van der Waals surface area (Å²) in [5, 5.41) is 3.70. The topological polar surface area (TPSA) is 96.9 Å². The molecule has 1 amide bonds. The van der Waals surface area contributed by atoms with Crippen LogP contribution in [-0.2, 0) is 0 Å². The first kappa shape index (κ1) is 22.6. The minimum Gasteiger partial charge on any atom is -0.350 e. The smallest absolute Gasteiger partial charge is 0.268 e. The standard InChI is InChI=1S/C26H26F2N4O/c27-19-8-3-16(4-9-19)18-7-12-23-22(14-18)24(17-5-10-20(28)11-6-17)25(32-23)26(33)31-15-21(30)2-1-13-29/h3-12,14,21,32H,1-2,13,15,29-30H2,(H,31,33)/t21-/m0/s1.